The van der Waals surface area contributed by atoms with E-state index in [2.05, 4.69) is 10.3 Å². The van der Waals surface area contributed by atoms with E-state index in [1.807, 2.05) is 41.9 Å². The molecule has 0 radical (unpaired) electrons. The van der Waals surface area contributed by atoms with Crippen LogP contribution in [0.5, 0.6) is 0 Å². The molecule has 1 aromatic heterocycles. The van der Waals surface area contributed by atoms with Crippen LogP contribution in [0.4, 0.5) is 10.3 Å². The van der Waals surface area contributed by atoms with Crippen molar-refractivity contribution >= 4 is 17.0 Å². The van der Waals surface area contributed by atoms with Crippen LogP contribution < -0.4 is 5.32 Å². The minimum Gasteiger partial charge on any atom is -0.352 e. The summed E-state index contributed by atoms with van der Waals surface area (Å²) >= 11 is 0. The van der Waals surface area contributed by atoms with Gasteiger partial charge in [-0.1, -0.05) is 24.3 Å². The Bertz CT molecular complexity index is 762. The molecule has 0 unspecified atom stereocenters. The first kappa shape index (κ1) is 12.7. The maximum absolute atomic E-state index is 13.2. The number of imidazole rings is 1. The van der Waals surface area contributed by atoms with E-state index in [1.54, 1.807) is 13.0 Å². The minimum atomic E-state index is -0.170. The van der Waals surface area contributed by atoms with Gasteiger partial charge in [-0.2, -0.15) is 0 Å². The van der Waals surface area contributed by atoms with E-state index in [4.69, 9.17) is 0 Å². The zero-order valence-corrected chi connectivity index (χ0v) is 11.5. The van der Waals surface area contributed by atoms with Crippen LogP contribution in [-0.4, -0.2) is 9.55 Å². The fourth-order valence-electron chi connectivity index (χ4n) is 2.30. The summed E-state index contributed by atoms with van der Waals surface area (Å²) in [5.41, 5.74) is 3.75. The topological polar surface area (TPSA) is 29.9 Å². The van der Waals surface area contributed by atoms with Crippen LogP contribution in [0.25, 0.3) is 11.0 Å². The Hall–Kier alpha value is -2.36. The molecule has 0 atom stereocenters. The number of fused-ring (bicyclic) bond motifs is 1. The smallest absolute Gasteiger partial charge is 0.203 e. The summed E-state index contributed by atoms with van der Waals surface area (Å²) in [6.07, 6.45) is 0. The van der Waals surface area contributed by atoms with Gasteiger partial charge in [-0.15, -0.1) is 0 Å². The summed E-state index contributed by atoms with van der Waals surface area (Å²) in [5.74, 6) is 0.643. The molecule has 0 bridgehead atoms. The highest BCUT2D eigenvalue weighted by Crippen LogP contribution is 2.18. The Labute approximate surface area is 117 Å². The van der Waals surface area contributed by atoms with Gasteiger partial charge in [0.2, 0.25) is 5.95 Å². The van der Waals surface area contributed by atoms with Crippen LogP contribution in [-0.2, 0) is 13.6 Å². The van der Waals surface area contributed by atoms with E-state index in [9.17, 15) is 4.39 Å². The van der Waals surface area contributed by atoms with E-state index in [0.29, 0.717) is 12.1 Å². The standard InChI is InChI=1S/C16H16FN3/c1-11-9-12(7-8-13(11)17)10-18-16-19-14-5-3-4-6-15(14)20(16)2/h3-9H,10H2,1-2H3,(H,18,19). The molecule has 3 rings (SSSR count). The van der Waals surface area contributed by atoms with E-state index >= 15 is 0 Å². The van der Waals surface area contributed by atoms with Gasteiger partial charge in [0.25, 0.3) is 0 Å². The number of rotatable bonds is 3. The van der Waals surface area contributed by atoms with Gasteiger partial charge in [-0.05, 0) is 36.2 Å². The van der Waals surface area contributed by atoms with Crippen molar-refractivity contribution in [3.63, 3.8) is 0 Å². The molecule has 2 aromatic carbocycles. The maximum Gasteiger partial charge on any atom is 0.203 e. The Morgan fingerprint density at radius 3 is 2.75 bits per heavy atom. The molecule has 102 valence electrons. The lowest BCUT2D eigenvalue weighted by Gasteiger charge is -2.07. The first-order valence-corrected chi connectivity index (χ1v) is 6.55. The third-order valence-electron chi connectivity index (χ3n) is 3.46. The van der Waals surface area contributed by atoms with Crippen molar-refractivity contribution in [2.24, 2.45) is 7.05 Å². The zero-order valence-electron chi connectivity index (χ0n) is 11.5. The molecular formula is C16H16FN3. The Morgan fingerprint density at radius 2 is 2.00 bits per heavy atom. The number of hydrogen-bond donors (Lipinski definition) is 1. The highest BCUT2D eigenvalue weighted by molar-refractivity contribution is 5.78. The number of hydrogen-bond acceptors (Lipinski definition) is 2. The summed E-state index contributed by atoms with van der Waals surface area (Å²) in [5, 5.41) is 3.29. The Balaban J connectivity index is 1.83. The highest BCUT2D eigenvalue weighted by Gasteiger charge is 2.06. The lowest BCUT2D eigenvalue weighted by Crippen LogP contribution is -2.05. The number of nitrogens with one attached hydrogen (secondary N) is 1. The molecule has 1 heterocycles. The molecule has 4 heteroatoms. The van der Waals surface area contributed by atoms with Crippen LogP contribution in [0.2, 0.25) is 0 Å². The summed E-state index contributed by atoms with van der Waals surface area (Å²) in [6.45, 7) is 2.40. The second-order valence-electron chi connectivity index (χ2n) is 4.92. The van der Waals surface area contributed by atoms with E-state index in [0.717, 1.165) is 22.5 Å². The number of aromatic nitrogens is 2. The molecular weight excluding hydrogens is 253 g/mol. The van der Waals surface area contributed by atoms with Crippen molar-refractivity contribution < 1.29 is 4.39 Å². The second kappa shape index (κ2) is 4.96. The van der Waals surface area contributed by atoms with Crippen molar-refractivity contribution in [2.75, 3.05) is 5.32 Å². The molecule has 0 amide bonds. The number of anilines is 1. The summed E-state index contributed by atoms with van der Waals surface area (Å²) < 4.78 is 15.2. The third-order valence-corrected chi connectivity index (χ3v) is 3.46. The molecule has 3 nitrogen and oxygen atoms in total. The molecule has 0 aliphatic carbocycles. The van der Waals surface area contributed by atoms with Gasteiger partial charge >= 0.3 is 0 Å². The average Bonchev–Trinajstić information content (AvgIpc) is 2.77. The van der Waals surface area contributed by atoms with Crippen molar-refractivity contribution in [1.29, 1.82) is 0 Å². The van der Waals surface area contributed by atoms with Gasteiger partial charge in [-0.3, -0.25) is 0 Å². The van der Waals surface area contributed by atoms with Gasteiger partial charge in [-0.25, -0.2) is 9.37 Å². The van der Waals surface area contributed by atoms with Crippen LogP contribution in [0, 0.1) is 12.7 Å². The highest BCUT2D eigenvalue weighted by atomic mass is 19.1. The van der Waals surface area contributed by atoms with E-state index in [-0.39, 0.29) is 5.82 Å². The monoisotopic (exact) mass is 269 g/mol. The first-order chi connectivity index (χ1) is 9.65. The second-order valence-corrected chi connectivity index (χ2v) is 4.92. The SMILES string of the molecule is Cc1cc(CNc2nc3ccccc3n2C)ccc1F. The lowest BCUT2D eigenvalue weighted by molar-refractivity contribution is 0.617. The van der Waals surface area contributed by atoms with Gasteiger partial charge in [0.15, 0.2) is 0 Å². The molecule has 0 aliphatic heterocycles. The van der Waals surface area contributed by atoms with Crippen molar-refractivity contribution in [1.82, 2.24) is 9.55 Å². The molecule has 0 saturated heterocycles. The molecule has 0 saturated carbocycles. The third kappa shape index (κ3) is 2.25. The number of halogens is 1. The number of aryl methyl sites for hydroxylation is 2. The van der Waals surface area contributed by atoms with Crippen LogP contribution in [0.15, 0.2) is 42.5 Å². The fourth-order valence-corrected chi connectivity index (χ4v) is 2.30. The van der Waals surface area contributed by atoms with Crippen LogP contribution >= 0.6 is 0 Å². The quantitative estimate of drug-likeness (QED) is 0.786. The van der Waals surface area contributed by atoms with E-state index < -0.39 is 0 Å². The predicted octanol–water partition coefficient (Wildman–Crippen LogP) is 3.63. The largest absolute Gasteiger partial charge is 0.352 e. The van der Waals surface area contributed by atoms with Gasteiger partial charge in [0.05, 0.1) is 11.0 Å². The summed E-state index contributed by atoms with van der Waals surface area (Å²) in [6, 6.07) is 13.1. The molecule has 3 aromatic rings. The molecule has 0 aliphatic rings. The minimum absolute atomic E-state index is 0.170. The van der Waals surface area contributed by atoms with Crippen LogP contribution in [0.3, 0.4) is 0 Å². The van der Waals surface area contributed by atoms with Crippen molar-refractivity contribution in [3.05, 3.63) is 59.4 Å². The normalized spacial score (nSPS) is 10.9. The van der Waals surface area contributed by atoms with Gasteiger partial charge in [0, 0.05) is 13.6 Å². The fraction of sp³-hybridized carbons (Fsp3) is 0.188. The number of nitrogens with zero attached hydrogens (tertiary/aromatic N) is 2. The van der Waals surface area contributed by atoms with Crippen molar-refractivity contribution in [2.45, 2.75) is 13.5 Å². The average molecular weight is 269 g/mol. The molecule has 0 fully saturated rings. The van der Waals surface area contributed by atoms with Gasteiger partial charge < -0.3 is 9.88 Å². The van der Waals surface area contributed by atoms with E-state index in [1.165, 1.54) is 6.07 Å². The summed E-state index contributed by atoms with van der Waals surface area (Å²) in [4.78, 5) is 4.55. The first-order valence-electron chi connectivity index (χ1n) is 6.55. The number of para-hydroxylation sites is 2. The van der Waals surface area contributed by atoms with Gasteiger partial charge in [0.1, 0.15) is 5.82 Å². The molecule has 0 spiro atoms. The lowest BCUT2D eigenvalue weighted by atomic mass is 10.1. The molecule has 20 heavy (non-hydrogen) atoms. The Morgan fingerprint density at radius 1 is 1.20 bits per heavy atom. The Kier molecular flexibility index (Phi) is 3.14. The van der Waals surface area contributed by atoms with Crippen molar-refractivity contribution in [3.8, 4) is 0 Å². The van der Waals surface area contributed by atoms with Crippen LogP contribution in [0.1, 0.15) is 11.1 Å². The predicted molar refractivity (Wildman–Crippen MR) is 79.2 cm³/mol. The maximum atomic E-state index is 13.2. The zero-order chi connectivity index (χ0) is 14.1. The summed E-state index contributed by atoms with van der Waals surface area (Å²) in [7, 11) is 1.98. The number of benzene rings is 2. The molecule has 1 N–H and O–H groups in total.